The van der Waals surface area contributed by atoms with E-state index in [1.807, 2.05) is 0 Å². The summed E-state index contributed by atoms with van der Waals surface area (Å²) in [6, 6.07) is 5.96. The van der Waals surface area contributed by atoms with Gasteiger partial charge in [0, 0.05) is 12.6 Å². The number of carbonyl (C=O) groups excluding carboxylic acids is 1. The lowest BCUT2D eigenvalue weighted by Gasteiger charge is -2.24. The van der Waals surface area contributed by atoms with E-state index >= 15 is 0 Å². The first-order chi connectivity index (χ1) is 11.9. The molecule has 1 amide bonds. The van der Waals surface area contributed by atoms with Gasteiger partial charge in [0.2, 0.25) is 0 Å². The van der Waals surface area contributed by atoms with Crippen LogP contribution in [0.15, 0.2) is 30.5 Å². The topological polar surface area (TPSA) is 75.4 Å². The van der Waals surface area contributed by atoms with Crippen molar-refractivity contribution in [3.05, 3.63) is 47.5 Å². The molecule has 0 bridgehead atoms. The Balaban J connectivity index is 1.86. The lowest BCUT2D eigenvalue weighted by Crippen LogP contribution is -2.38. The molecule has 1 aromatic carbocycles. The summed E-state index contributed by atoms with van der Waals surface area (Å²) in [6.07, 6.45) is 3.27. The fourth-order valence-corrected chi connectivity index (χ4v) is 2.77. The van der Waals surface area contributed by atoms with E-state index in [0.29, 0.717) is 16.9 Å². The second-order valence-corrected chi connectivity index (χ2v) is 6.46. The fraction of sp³-hybridized carbons (Fsp3) is 0.389. The van der Waals surface area contributed by atoms with Crippen molar-refractivity contribution in [2.45, 2.75) is 32.7 Å². The summed E-state index contributed by atoms with van der Waals surface area (Å²) in [6.45, 7) is 3.55. The van der Waals surface area contributed by atoms with Crippen LogP contribution >= 0.6 is 0 Å². The van der Waals surface area contributed by atoms with E-state index in [-0.39, 0.29) is 24.3 Å². The number of aliphatic carboxylic acids is 1. The Hall–Kier alpha value is -2.70. The summed E-state index contributed by atoms with van der Waals surface area (Å²) in [7, 11) is 0. The maximum Gasteiger partial charge on any atom is 0.308 e. The molecule has 1 saturated carbocycles. The molecule has 1 atom stereocenters. The molecule has 1 aliphatic rings. The molecular weight excluding hydrogens is 325 g/mol. The van der Waals surface area contributed by atoms with Crippen LogP contribution in [0, 0.1) is 18.7 Å². The molecule has 1 fully saturated rings. The van der Waals surface area contributed by atoms with Crippen LogP contribution in [0.3, 0.4) is 0 Å². The zero-order valence-corrected chi connectivity index (χ0v) is 14.1. The lowest BCUT2D eigenvalue weighted by molar-refractivity contribution is -0.141. The van der Waals surface area contributed by atoms with Crippen molar-refractivity contribution >= 4 is 11.9 Å². The van der Waals surface area contributed by atoms with Crippen molar-refractivity contribution in [2.24, 2.45) is 5.92 Å². The highest BCUT2D eigenvalue weighted by molar-refractivity contribution is 5.95. The minimum absolute atomic E-state index is 0.0999. The number of carboxylic acid groups (broad SMARTS) is 1. The highest BCUT2D eigenvalue weighted by Gasteiger charge is 2.36. The number of nitrogens with zero attached hydrogens (tertiary/aromatic N) is 3. The van der Waals surface area contributed by atoms with Crippen molar-refractivity contribution in [1.82, 2.24) is 14.7 Å². The number of benzene rings is 1. The van der Waals surface area contributed by atoms with Gasteiger partial charge >= 0.3 is 5.97 Å². The number of rotatable bonds is 6. The standard InChI is InChI=1S/C18H20FN3O3/c1-11(18(24)25)10-21(14-7-8-14)17(23)16-9-20-22(12(16)2)15-5-3-13(19)4-6-15/h3-6,9,11,14H,7-8,10H2,1-2H3,(H,24,25). The third kappa shape index (κ3) is 3.55. The van der Waals surface area contributed by atoms with Crippen LogP contribution in [0.5, 0.6) is 0 Å². The Morgan fingerprint density at radius 2 is 2.00 bits per heavy atom. The summed E-state index contributed by atoms with van der Waals surface area (Å²) in [4.78, 5) is 25.7. The molecule has 2 aromatic rings. The number of hydrogen-bond donors (Lipinski definition) is 1. The van der Waals surface area contributed by atoms with E-state index in [1.54, 1.807) is 35.6 Å². The number of halogens is 1. The van der Waals surface area contributed by atoms with Crippen LogP contribution in [-0.2, 0) is 4.79 Å². The van der Waals surface area contributed by atoms with Crippen molar-refractivity contribution in [3.63, 3.8) is 0 Å². The second kappa shape index (κ2) is 6.66. The predicted molar refractivity (Wildman–Crippen MR) is 89.1 cm³/mol. The number of hydrogen-bond acceptors (Lipinski definition) is 3. The lowest BCUT2D eigenvalue weighted by atomic mass is 10.1. The third-order valence-electron chi connectivity index (χ3n) is 4.45. The van der Waals surface area contributed by atoms with Gasteiger partial charge in [-0.25, -0.2) is 9.07 Å². The molecule has 0 aliphatic heterocycles. The molecule has 6 nitrogen and oxygen atoms in total. The molecule has 0 saturated heterocycles. The minimum atomic E-state index is -0.919. The van der Waals surface area contributed by atoms with Crippen LogP contribution in [0.25, 0.3) is 5.69 Å². The Morgan fingerprint density at radius 1 is 1.36 bits per heavy atom. The molecule has 1 unspecified atom stereocenters. The molecule has 1 aliphatic carbocycles. The van der Waals surface area contributed by atoms with E-state index < -0.39 is 11.9 Å². The number of amides is 1. The smallest absolute Gasteiger partial charge is 0.308 e. The van der Waals surface area contributed by atoms with Gasteiger partial charge in [0.25, 0.3) is 5.91 Å². The van der Waals surface area contributed by atoms with Gasteiger partial charge in [0.05, 0.1) is 29.1 Å². The molecule has 1 heterocycles. The van der Waals surface area contributed by atoms with E-state index in [9.17, 15) is 14.0 Å². The van der Waals surface area contributed by atoms with Gasteiger partial charge in [-0.3, -0.25) is 9.59 Å². The Kier molecular flexibility index (Phi) is 4.57. The molecular formula is C18H20FN3O3. The van der Waals surface area contributed by atoms with Crippen molar-refractivity contribution in [2.75, 3.05) is 6.54 Å². The SMILES string of the molecule is Cc1c(C(=O)N(CC(C)C(=O)O)C2CC2)cnn1-c1ccc(F)cc1. The van der Waals surface area contributed by atoms with Gasteiger partial charge in [-0.1, -0.05) is 6.92 Å². The normalized spacial score (nSPS) is 15.0. The first-order valence-electron chi connectivity index (χ1n) is 8.23. The minimum Gasteiger partial charge on any atom is -0.481 e. The molecule has 1 N–H and O–H groups in total. The van der Waals surface area contributed by atoms with Crippen LogP contribution < -0.4 is 0 Å². The number of carbonyl (C=O) groups is 2. The van der Waals surface area contributed by atoms with Gasteiger partial charge in [0.1, 0.15) is 5.82 Å². The quantitative estimate of drug-likeness (QED) is 0.873. The Morgan fingerprint density at radius 3 is 2.56 bits per heavy atom. The van der Waals surface area contributed by atoms with E-state index in [4.69, 9.17) is 5.11 Å². The Labute approximate surface area is 144 Å². The van der Waals surface area contributed by atoms with Crippen LogP contribution in [0.2, 0.25) is 0 Å². The second-order valence-electron chi connectivity index (χ2n) is 6.46. The largest absolute Gasteiger partial charge is 0.481 e. The summed E-state index contributed by atoms with van der Waals surface area (Å²) in [5.74, 6) is -2.09. The van der Waals surface area contributed by atoms with Crippen LogP contribution in [0.4, 0.5) is 4.39 Å². The summed E-state index contributed by atoms with van der Waals surface area (Å²) in [5.41, 5.74) is 1.74. The van der Waals surface area contributed by atoms with E-state index in [2.05, 4.69) is 5.10 Å². The van der Waals surface area contributed by atoms with Crippen LogP contribution in [-0.4, -0.2) is 44.3 Å². The zero-order valence-electron chi connectivity index (χ0n) is 14.1. The summed E-state index contributed by atoms with van der Waals surface area (Å²) < 4.78 is 14.7. The van der Waals surface area contributed by atoms with Gasteiger partial charge in [-0.15, -0.1) is 0 Å². The molecule has 3 rings (SSSR count). The monoisotopic (exact) mass is 345 g/mol. The maximum atomic E-state index is 13.1. The average molecular weight is 345 g/mol. The number of carboxylic acids is 1. The molecule has 0 spiro atoms. The highest BCUT2D eigenvalue weighted by Crippen LogP contribution is 2.30. The molecule has 1 aromatic heterocycles. The predicted octanol–water partition coefficient (Wildman–Crippen LogP) is 2.65. The first kappa shape index (κ1) is 17.1. The van der Waals surface area contributed by atoms with Gasteiger partial charge < -0.3 is 10.0 Å². The van der Waals surface area contributed by atoms with Gasteiger partial charge in [0.15, 0.2) is 0 Å². The van der Waals surface area contributed by atoms with Crippen LogP contribution in [0.1, 0.15) is 35.8 Å². The van der Waals surface area contributed by atoms with E-state index in [0.717, 1.165) is 12.8 Å². The Bertz CT molecular complexity index is 796. The highest BCUT2D eigenvalue weighted by atomic mass is 19.1. The fourth-order valence-electron chi connectivity index (χ4n) is 2.77. The molecule has 7 heteroatoms. The third-order valence-corrected chi connectivity index (χ3v) is 4.45. The average Bonchev–Trinajstić information content (AvgIpc) is 3.35. The summed E-state index contributed by atoms with van der Waals surface area (Å²) >= 11 is 0. The molecule has 25 heavy (non-hydrogen) atoms. The van der Waals surface area contributed by atoms with Crippen molar-refractivity contribution in [3.8, 4) is 5.69 Å². The molecule has 0 radical (unpaired) electrons. The summed E-state index contributed by atoms with van der Waals surface area (Å²) in [5, 5.41) is 13.4. The zero-order chi connectivity index (χ0) is 18.1. The first-order valence-corrected chi connectivity index (χ1v) is 8.23. The van der Waals surface area contributed by atoms with Gasteiger partial charge in [-0.2, -0.15) is 5.10 Å². The van der Waals surface area contributed by atoms with Gasteiger partial charge in [-0.05, 0) is 44.0 Å². The maximum absolute atomic E-state index is 13.1. The number of aromatic nitrogens is 2. The molecule has 132 valence electrons. The van der Waals surface area contributed by atoms with Crippen molar-refractivity contribution in [1.29, 1.82) is 0 Å². The van der Waals surface area contributed by atoms with E-state index in [1.165, 1.54) is 18.3 Å². The van der Waals surface area contributed by atoms with Crippen molar-refractivity contribution < 1.29 is 19.1 Å².